The predicted octanol–water partition coefficient (Wildman–Crippen LogP) is 6.20. The molecule has 1 atom stereocenters. The van der Waals surface area contributed by atoms with Crippen molar-refractivity contribution in [2.24, 2.45) is 5.10 Å². The van der Waals surface area contributed by atoms with Gasteiger partial charge in [0.25, 0.3) is 5.56 Å². The van der Waals surface area contributed by atoms with Gasteiger partial charge in [-0.2, -0.15) is 5.10 Å². The Bertz CT molecular complexity index is 1480. The Balaban J connectivity index is 1.76. The molecule has 1 amide bonds. The van der Waals surface area contributed by atoms with Crippen molar-refractivity contribution in [3.8, 4) is 11.1 Å². The molecular weight excluding hydrogens is 457 g/mol. The standard InChI is InChI=1S/C26H19Cl2N3O2/c1-15(32)31-23(18-9-5-6-10-20(18)28)14-22(30-31)25-24(16-7-3-2-4-8-16)19-13-17(27)11-12-21(19)29-26(25)33/h2-13,23H,14H2,1H3,(H,29,33)/t23-/m1/s1. The maximum atomic E-state index is 13.4. The molecule has 0 radical (unpaired) electrons. The molecule has 33 heavy (non-hydrogen) atoms. The zero-order valence-corrected chi connectivity index (χ0v) is 19.2. The average Bonchev–Trinajstić information content (AvgIpc) is 3.24. The van der Waals surface area contributed by atoms with Gasteiger partial charge in [0.15, 0.2) is 0 Å². The van der Waals surface area contributed by atoms with E-state index < -0.39 is 6.04 Å². The maximum absolute atomic E-state index is 13.4. The molecule has 0 spiro atoms. The maximum Gasteiger partial charge on any atom is 0.258 e. The molecule has 3 aromatic carbocycles. The molecule has 0 unspecified atom stereocenters. The Hall–Kier alpha value is -3.41. The number of hydrogen-bond acceptors (Lipinski definition) is 3. The van der Waals surface area contributed by atoms with Gasteiger partial charge in [-0.1, -0.05) is 71.7 Å². The lowest BCUT2D eigenvalue weighted by Gasteiger charge is -2.21. The van der Waals surface area contributed by atoms with Crippen molar-refractivity contribution in [1.29, 1.82) is 0 Å². The molecule has 0 fully saturated rings. The van der Waals surface area contributed by atoms with Crippen molar-refractivity contribution in [3.05, 3.63) is 104 Å². The van der Waals surface area contributed by atoms with Crippen molar-refractivity contribution in [3.63, 3.8) is 0 Å². The summed E-state index contributed by atoms with van der Waals surface area (Å²) >= 11 is 12.8. The van der Waals surface area contributed by atoms with Crippen molar-refractivity contribution < 1.29 is 4.79 Å². The lowest BCUT2D eigenvalue weighted by atomic mass is 9.91. The number of fused-ring (bicyclic) bond motifs is 1. The number of hydrazone groups is 1. The summed E-state index contributed by atoms with van der Waals surface area (Å²) in [5.74, 6) is -0.226. The quantitative estimate of drug-likeness (QED) is 0.383. The Morgan fingerprint density at radius 1 is 1.00 bits per heavy atom. The van der Waals surface area contributed by atoms with E-state index in [1.54, 1.807) is 18.2 Å². The minimum absolute atomic E-state index is 0.226. The van der Waals surface area contributed by atoms with Crippen LogP contribution in [0.15, 0.2) is 82.7 Å². The third-order valence-corrected chi connectivity index (χ3v) is 6.40. The summed E-state index contributed by atoms with van der Waals surface area (Å²) in [4.78, 5) is 28.8. The first-order valence-corrected chi connectivity index (χ1v) is 11.2. The molecule has 0 saturated heterocycles. The summed E-state index contributed by atoms with van der Waals surface area (Å²) < 4.78 is 0. The van der Waals surface area contributed by atoms with Crippen molar-refractivity contribution >= 4 is 45.7 Å². The van der Waals surface area contributed by atoms with Gasteiger partial charge < -0.3 is 4.98 Å². The van der Waals surface area contributed by atoms with Crippen LogP contribution in [0.3, 0.4) is 0 Å². The number of carbonyl (C=O) groups excluding carboxylic acids is 1. The summed E-state index contributed by atoms with van der Waals surface area (Å²) in [5.41, 5.74) is 3.74. The monoisotopic (exact) mass is 475 g/mol. The number of nitrogens with zero attached hydrogens (tertiary/aromatic N) is 2. The summed E-state index contributed by atoms with van der Waals surface area (Å²) in [6, 6.07) is 22.0. The number of pyridine rings is 1. The predicted molar refractivity (Wildman–Crippen MR) is 133 cm³/mol. The number of aromatic amines is 1. The molecule has 0 bridgehead atoms. The summed E-state index contributed by atoms with van der Waals surface area (Å²) in [7, 11) is 0. The number of benzene rings is 3. The molecule has 0 saturated carbocycles. The number of amides is 1. The molecular formula is C26H19Cl2N3O2. The van der Waals surface area contributed by atoms with E-state index in [-0.39, 0.29) is 11.5 Å². The largest absolute Gasteiger partial charge is 0.321 e. The molecule has 5 rings (SSSR count). The molecule has 5 nitrogen and oxygen atoms in total. The van der Waals surface area contributed by atoms with Crippen LogP contribution in [0.2, 0.25) is 10.0 Å². The average molecular weight is 476 g/mol. The zero-order chi connectivity index (χ0) is 23.1. The van der Waals surface area contributed by atoms with E-state index in [4.69, 9.17) is 23.2 Å². The third kappa shape index (κ3) is 3.84. The highest BCUT2D eigenvalue weighted by atomic mass is 35.5. The van der Waals surface area contributed by atoms with Crippen LogP contribution in [0.25, 0.3) is 22.0 Å². The van der Waals surface area contributed by atoms with Crippen LogP contribution < -0.4 is 5.56 Å². The van der Waals surface area contributed by atoms with E-state index in [9.17, 15) is 9.59 Å². The Morgan fingerprint density at radius 2 is 1.73 bits per heavy atom. The fraction of sp³-hybridized carbons (Fsp3) is 0.115. The van der Waals surface area contributed by atoms with Crippen LogP contribution in [-0.2, 0) is 4.79 Å². The van der Waals surface area contributed by atoms with Crippen LogP contribution >= 0.6 is 23.2 Å². The number of hydrogen-bond donors (Lipinski definition) is 1. The topological polar surface area (TPSA) is 65.5 Å². The second kappa shape index (κ2) is 8.50. The van der Waals surface area contributed by atoms with E-state index in [1.165, 1.54) is 11.9 Å². The number of rotatable bonds is 3. The molecule has 7 heteroatoms. The lowest BCUT2D eigenvalue weighted by molar-refractivity contribution is -0.130. The van der Waals surface area contributed by atoms with E-state index in [2.05, 4.69) is 10.1 Å². The van der Waals surface area contributed by atoms with Crippen molar-refractivity contribution in [1.82, 2.24) is 9.99 Å². The van der Waals surface area contributed by atoms with Crippen LogP contribution in [0, 0.1) is 0 Å². The minimum atomic E-state index is -0.399. The number of aromatic nitrogens is 1. The first kappa shape index (κ1) is 21.4. The second-order valence-corrected chi connectivity index (χ2v) is 8.76. The highest BCUT2D eigenvalue weighted by Crippen LogP contribution is 2.39. The minimum Gasteiger partial charge on any atom is -0.321 e. The molecule has 1 N–H and O–H groups in total. The SMILES string of the molecule is CC(=O)N1N=C(c2c(-c3ccccc3)c3cc(Cl)ccc3[nH]c2=O)C[C@@H]1c1ccccc1Cl. The Labute approximate surface area is 200 Å². The van der Waals surface area contributed by atoms with E-state index in [0.717, 1.165) is 22.1 Å². The summed E-state index contributed by atoms with van der Waals surface area (Å²) in [6.07, 6.45) is 0.359. The van der Waals surface area contributed by atoms with E-state index in [0.29, 0.717) is 33.3 Å². The van der Waals surface area contributed by atoms with Gasteiger partial charge in [0, 0.05) is 39.9 Å². The van der Waals surface area contributed by atoms with Gasteiger partial charge in [-0.25, -0.2) is 5.01 Å². The fourth-order valence-corrected chi connectivity index (χ4v) is 4.82. The number of carbonyl (C=O) groups is 1. The third-order valence-electron chi connectivity index (χ3n) is 5.82. The molecule has 1 aromatic heterocycles. The van der Waals surface area contributed by atoms with Crippen molar-refractivity contribution in [2.45, 2.75) is 19.4 Å². The Morgan fingerprint density at radius 3 is 2.45 bits per heavy atom. The van der Waals surface area contributed by atoms with Crippen LogP contribution in [0.5, 0.6) is 0 Å². The van der Waals surface area contributed by atoms with Gasteiger partial charge in [0.1, 0.15) is 0 Å². The molecule has 2 heterocycles. The first-order chi connectivity index (χ1) is 15.9. The first-order valence-electron chi connectivity index (χ1n) is 10.5. The van der Waals surface area contributed by atoms with Crippen LogP contribution in [-0.4, -0.2) is 21.6 Å². The van der Waals surface area contributed by atoms with Gasteiger partial charge in [0.2, 0.25) is 5.91 Å². The smallest absolute Gasteiger partial charge is 0.258 e. The summed E-state index contributed by atoms with van der Waals surface area (Å²) in [6.45, 7) is 1.46. The number of nitrogens with one attached hydrogen (secondary N) is 1. The van der Waals surface area contributed by atoms with Crippen LogP contribution in [0.4, 0.5) is 0 Å². The molecule has 164 valence electrons. The molecule has 0 aliphatic carbocycles. The highest BCUT2D eigenvalue weighted by Gasteiger charge is 2.35. The van der Waals surface area contributed by atoms with E-state index >= 15 is 0 Å². The Kier molecular flexibility index (Phi) is 5.52. The van der Waals surface area contributed by atoms with Crippen molar-refractivity contribution in [2.75, 3.05) is 0 Å². The van der Waals surface area contributed by atoms with E-state index in [1.807, 2.05) is 54.6 Å². The number of H-pyrrole nitrogens is 1. The van der Waals surface area contributed by atoms with Gasteiger partial charge in [0.05, 0.1) is 17.3 Å². The molecule has 1 aliphatic rings. The normalized spacial score (nSPS) is 15.7. The molecule has 1 aliphatic heterocycles. The van der Waals surface area contributed by atoms with Crippen LogP contribution in [0.1, 0.15) is 30.5 Å². The summed E-state index contributed by atoms with van der Waals surface area (Å²) in [5, 5.41) is 7.95. The molecule has 4 aromatic rings. The second-order valence-electron chi connectivity index (χ2n) is 7.91. The lowest BCUT2D eigenvalue weighted by Crippen LogP contribution is -2.24. The number of halogens is 2. The van der Waals surface area contributed by atoms with Gasteiger partial charge in [-0.3, -0.25) is 9.59 Å². The zero-order valence-electron chi connectivity index (χ0n) is 17.7. The van der Waals surface area contributed by atoms with Gasteiger partial charge in [-0.15, -0.1) is 0 Å². The fourth-order valence-electron chi connectivity index (χ4n) is 4.38. The highest BCUT2D eigenvalue weighted by molar-refractivity contribution is 6.32. The van der Waals surface area contributed by atoms with Gasteiger partial charge in [-0.05, 0) is 35.4 Å². The van der Waals surface area contributed by atoms with Gasteiger partial charge >= 0.3 is 0 Å².